The minimum absolute atomic E-state index is 0. The van der Waals surface area contributed by atoms with Crippen molar-refractivity contribution in [2.24, 2.45) is 0 Å². The molecule has 0 aliphatic heterocycles. The van der Waals surface area contributed by atoms with Crippen molar-refractivity contribution < 1.29 is 10.6 Å². The van der Waals surface area contributed by atoms with Gasteiger partial charge in [0.1, 0.15) is 0 Å². The van der Waals surface area contributed by atoms with Crippen LogP contribution in [0.5, 0.6) is 0 Å². The van der Waals surface area contributed by atoms with Crippen LogP contribution < -0.4 is 0 Å². The fraction of sp³-hybridized carbons (Fsp3) is 0.647. The summed E-state index contributed by atoms with van der Waals surface area (Å²) in [5, 5.41) is 8.42. The molecule has 0 amide bonds. The summed E-state index contributed by atoms with van der Waals surface area (Å²) >= 11 is 0. The van der Waals surface area contributed by atoms with Gasteiger partial charge in [-0.3, -0.25) is 0 Å². The van der Waals surface area contributed by atoms with Crippen LogP contribution in [0.25, 0.3) is 0 Å². The van der Waals surface area contributed by atoms with Crippen molar-refractivity contribution in [1.82, 2.24) is 0 Å². The molecule has 3 N–H and O–H groups in total. The van der Waals surface area contributed by atoms with Crippen LogP contribution in [0, 0.1) is 0 Å². The fourth-order valence-corrected chi connectivity index (χ4v) is 2.41. The maximum Gasteiger partial charge on any atom is 0.0431 e. The molecular weight excluding hydrogens is 236 g/mol. The highest BCUT2D eigenvalue weighted by Crippen LogP contribution is 2.20. The van der Waals surface area contributed by atoms with Crippen LogP contribution in [0.1, 0.15) is 63.0 Å². The van der Waals surface area contributed by atoms with Gasteiger partial charge in [-0.2, -0.15) is 0 Å². The number of aryl methyl sites for hydroxylation is 2. The van der Waals surface area contributed by atoms with E-state index in [1.807, 2.05) is 0 Å². The van der Waals surface area contributed by atoms with E-state index in [1.54, 1.807) is 11.1 Å². The van der Waals surface area contributed by atoms with Crippen molar-refractivity contribution in [2.45, 2.75) is 64.7 Å². The van der Waals surface area contributed by atoms with E-state index in [9.17, 15) is 0 Å². The number of hydrogen-bond donors (Lipinski definition) is 1. The predicted molar refractivity (Wildman–Crippen MR) is 82.5 cm³/mol. The van der Waals surface area contributed by atoms with Gasteiger partial charge < -0.3 is 10.6 Å². The summed E-state index contributed by atoms with van der Waals surface area (Å²) in [6.45, 7) is 2.58. The Bertz CT molecular complexity index is 281. The zero-order valence-electron chi connectivity index (χ0n) is 12.3. The molecule has 1 aromatic carbocycles. The molecule has 0 atom stereocenters. The number of aliphatic hydroxyl groups is 1. The zero-order chi connectivity index (χ0) is 13.1. The maximum absolute atomic E-state index is 8.42. The largest absolute Gasteiger partial charge is 0.412 e. The molecule has 2 rings (SSSR count). The monoisotopic (exact) mass is 266 g/mol. The van der Waals surface area contributed by atoms with Gasteiger partial charge in [0.05, 0.1) is 0 Å². The first-order valence-corrected chi connectivity index (χ1v) is 7.56. The molecule has 2 heteroatoms. The lowest BCUT2D eigenvalue weighted by Gasteiger charge is -1.95. The highest BCUT2D eigenvalue weighted by Gasteiger charge is 2.07. The molecule has 0 spiro atoms. The molecule has 0 heterocycles. The molecule has 0 aromatic heterocycles. The lowest BCUT2D eigenvalue weighted by molar-refractivity contribution is 0.282. The van der Waals surface area contributed by atoms with Crippen LogP contribution in [0.15, 0.2) is 24.3 Å². The Kier molecular flexibility index (Phi) is 11.6. The molecule has 0 saturated heterocycles. The van der Waals surface area contributed by atoms with Crippen molar-refractivity contribution in [3.8, 4) is 0 Å². The highest BCUT2D eigenvalue weighted by atomic mass is 16.2. The second kappa shape index (κ2) is 12.2. The molecule has 0 saturated carbocycles. The number of aliphatic hydroxyl groups excluding tert-OH is 1. The smallest absolute Gasteiger partial charge is 0.0431 e. The number of hydrogen-bond acceptors (Lipinski definition) is 1. The molecular formula is C17H30O2. The predicted octanol–water partition coefficient (Wildman–Crippen LogP) is 3.69. The van der Waals surface area contributed by atoms with Crippen molar-refractivity contribution in [3.63, 3.8) is 0 Å². The summed E-state index contributed by atoms with van der Waals surface area (Å²) in [6, 6.07) is 8.74. The van der Waals surface area contributed by atoms with Crippen LogP contribution in [0.3, 0.4) is 0 Å². The maximum atomic E-state index is 8.42. The summed E-state index contributed by atoms with van der Waals surface area (Å²) in [7, 11) is 0. The Morgan fingerprint density at radius 1 is 0.895 bits per heavy atom. The van der Waals surface area contributed by atoms with Gasteiger partial charge in [0, 0.05) is 6.61 Å². The Morgan fingerprint density at radius 2 is 1.42 bits per heavy atom. The van der Waals surface area contributed by atoms with E-state index in [0.717, 1.165) is 6.42 Å². The lowest BCUT2D eigenvalue weighted by atomic mass is 10.1. The van der Waals surface area contributed by atoms with Gasteiger partial charge in [-0.15, -0.1) is 0 Å². The summed E-state index contributed by atoms with van der Waals surface area (Å²) in [5.74, 6) is 0. The number of rotatable bonds is 6. The highest BCUT2D eigenvalue weighted by molar-refractivity contribution is 5.30. The summed E-state index contributed by atoms with van der Waals surface area (Å²) in [5.41, 5.74) is 3.13. The summed E-state index contributed by atoms with van der Waals surface area (Å²) in [4.78, 5) is 0. The average Bonchev–Trinajstić information content (AvgIpc) is 2.88. The van der Waals surface area contributed by atoms with E-state index in [1.165, 1.54) is 51.4 Å². The minimum atomic E-state index is 0. The first kappa shape index (κ1) is 18.1. The van der Waals surface area contributed by atoms with Crippen LogP contribution >= 0.6 is 0 Å². The third-order valence-electron chi connectivity index (χ3n) is 3.52. The second-order valence-corrected chi connectivity index (χ2v) is 5.11. The van der Waals surface area contributed by atoms with Crippen molar-refractivity contribution in [3.05, 3.63) is 35.4 Å². The average molecular weight is 266 g/mol. The molecule has 1 aliphatic rings. The molecule has 1 aliphatic carbocycles. The Balaban J connectivity index is 0.000000324. The third-order valence-corrected chi connectivity index (χ3v) is 3.52. The van der Waals surface area contributed by atoms with Gasteiger partial charge in [0.25, 0.3) is 0 Å². The molecule has 0 bridgehead atoms. The summed E-state index contributed by atoms with van der Waals surface area (Å²) in [6.07, 6.45) is 11.5. The van der Waals surface area contributed by atoms with E-state index < -0.39 is 0 Å². The van der Waals surface area contributed by atoms with Crippen LogP contribution in [0.2, 0.25) is 0 Å². The van der Waals surface area contributed by atoms with Gasteiger partial charge >= 0.3 is 0 Å². The molecule has 0 fully saturated rings. The fourth-order valence-electron chi connectivity index (χ4n) is 2.41. The van der Waals surface area contributed by atoms with E-state index >= 15 is 0 Å². The standard InChI is InChI=1S/C9H10.C8H18O.H2O/c1-2-5-9-7-3-6-8(9)4-1;1-2-3-4-5-6-7-8-9;/h1-2,4-5H,3,6-7H2;9H,2-8H2,1H3;1H2. The Morgan fingerprint density at radius 3 is 1.95 bits per heavy atom. The number of unbranched alkanes of at least 4 members (excludes halogenated alkanes) is 5. The normalized spacial score (nSPS) is 12.1. The van der Waals surface area contributed by atoms with Gasteiger partial charge in [-0.25, -0.2) is 0 Å². The van der Waals surface area contributed by atoms with Crippen LogP contribution in [0.4, 0.5) is 0 Å². The summed E-state index contributed by atoms with van der Waals surface area (Å²) < 4.78 is 0. The number of benzene rings is 1. The van der Waals surface area contributed by atoms with Gasteiger partial charge in [-0.1, -0.05) is 63.3 Å². The number of fused-ring (bicyclic) bond motifs is 1. The van der Waals surface area contributed by atoms with Gasteiger partial charge in [0.15, 0.2) is 0 Å². The first-order valence-electron chi connectivity index (χ1n) is 7.56. The van der Waals surface area contributed by atoms with Crippen molar-refractivity contribution in [1.29, 1.82) is 0 Å². The molecule has 0 unspecified atom stereocenters. The first-order chi connectivity index (χ1) is 8.88. The molecule has 19 heavy (non-hydrogen) atoms. The molecule has 2 nitrogen and oxygen atoms in total. The SMILES string of the molecule is CCCCCCCCO.O.c1ccc2c(c1)CCC2. The van der Waals surface area contributed by atoms with Crippen molar-refractivity contribution >= 4 is 0 Å². The van der Waals surface area contributed by atoms with E-state index in [4.69, 9.17) is 5.11 Å². The van der Waals surface area contributed by atoms with Gasteiger partial charge in [-0.05, 0) is 36.8 Å². The second-order valence-electron chi connectivity index (χ2n) is 5.11. The van der Waals surface area contributed by atoms with Gasteiger partial charge in [0.2, 0.25) is 0 Å². The van der Waals surface area contributed by atoms with Crippen LogP contribution in [-0.4, -0.2) is 17.2 Å². The quantitative estimate of drug-likeness (QED) is 0.784. The molecule has 110 valence electrons. The Labute approximate surface area is 118 Å². The topological polar surface area (TPSA) is 51.7 Å². The van der Waals surface area contributed by atoms with E-state index in [-0.39, 0.29) is 5.48 Å². The minimum Gasteiger partial charge on any atom is -0.412 e. The van der Waals surface area contributed by atoms with E-state index in [2.05, 4.69) is 31.2 Å². The third kappa shape index (κ3) is 8.02. The Hall–Kier alpha value is -0.860. The lowest BCUT2D eigenvalue weighted by Crippen LogP contribution is -1.82. The zero-order valence-corrected chi connectivity index (χ0v) is 12.3. The molecule has 1 aromatic rings. The van der Waals surface area contributed by atoms with Crippen molar-refractivity contribution in [2.75, 3.05) is 6.61 Å². The molecule has 0 radical (unpaired) electrons. The van der Waals surface area contributed by atoms with Crippen LogP contribution in [-0.2, 0) is 12.8 Å². The van der Waals surface area contributed by atoms with E-state index in [0.29, 0.717) is 6.61 Å².